The fourth-order valence-electron chi connectivity index (χ4n) is 2.37. The highest BCUT2D eigenvalue weighted by Crippen LogP contribution is 2.18. The third-order valence-corrected chi connectivity index (χ3v) is 3.23. The number of rotatable bonds is 6. The smallest absolute Gasteiger partial charge is 0.305 e. The van der Waals surface area contributed by atoms with Crippen molar-refractivity contribution in [3.8, 4) is 0 Å². The van der Waals surface area contributed by atoms with Crippen LogP contribution < -0.4 is 5.43 Å². The molecule has 1 heterocycles. The second-order valence-corrected chi connectivity index (χ2v) is 5.18. The Morgan fingerprint density at radius 1 is 1.27 bits per heavy atom. The molecule has 6 heteroatoms. The first-order valence-corrected chi connectivity index (χ1v) is 6.80. The van der Waals surface area contributed by atoms with Gasteiger partial charge in [-0.15, -0.1) is 0 Å². The van der Waals surface area contributed by atoms with Gasteiger partial charge in [-0.25, -0.2) is 0 Å². The highest BCUT2D eigenvalue weighted by molar-refractivity contribution is 5.88. The Morgan fingerprint density at radius 2 is 2.00 bits per heavy atom. The molecule has 0 aliphatic heterocycles. The van der Waals surface area contributed by atoms with Crippen LogP contribution in [0.15, 0.2) is 33.5 Å². The van der Waals surface area contributed by atoms with Gasteiger partial charge < -0.3 is 14.6 Å². The number of fused-ring (bicyclic) bond motifs is 1. The molecule has 0 spiro atoms. The van der Waals surface area contributed by atoms with Crippen LogP contribution in [-0.2, 0) is 16.0 Å². The maximum absolute atomic E-state index is 12.1. The summed E-state index contributed by atoms with van der Waals surface area (Å²) in [7, 11) is 0. The Balaban J connectivity index is 2.23. The summed E-state index contributed by atoms with van der Waals surface area (Å²) in [5.41, 5.74) is 0.688. The Bertz CT molecular complexity index is 774. The van der Waals surface area contributed by atoms with Gasteiger partial charge in [0, 0.05) is 18.9 Å². The average Bonchev–Trinajstić information content (AvgIpc) is 2.36. The number of carbonyl (C=O) groups excluding carboxylic acids is 1. The van der Waals surface area contributed by atoms with Crippen molar-refractivity contribution in [2.45, 2.75) is 32.3 Å². The highest BCUT2D eigenvalue weighted by Gasteiger charge is 2.16. The summed E-state index contributed by atoms with van der Waals surface area (Å²) in [6.45, 7) is 1.67. The van der Waals surface area contributed by atoms with Crippen LogP contribution in [0.4, 0.5) is 0 Å². The molecule has 2 aromatic rings. The zero-order chi connectivity index (χ0) is 16.3. The second-order valence-electron chi connectivity index (χ2n) is 5.18. The number of aliphatic carboxylic acids is 1. The van der Waals surface area contributed by atoms with E-state index in [1.807, 2.05) is 0 Å². The molecule has 1 aromatic carbocycles. The van der Waals surface area contributed by atoms with Crippen molar-refractivity contribution in [1.29, 1.82) is 0 Å². The lowest BCUT2D eigenvalue weighted by atomic mass is 10.00. The molecular weight excluding hydrogens is 288 g/mol. The SMILES string of the molecule is Cc1cc(=O)c2c(CC(=O)C[C@@H](O)CC(=O)O)cccc2o1. The highest BCUT2D eigenvalue weighted by atomic mass is 16.4. The lowest BCUT2D eigenvalue weighted by molar-refractivity contribution is -0.139. The van der Waals surface area contributed by atoms with Crippen LogP contribution in [0.25, 0.3) is 11.0 Å². The van der Waals surface area contributed by atoms with Gasteiger partial charge in [-0.2, -0.15) is 0 Å². The number of Topliss-reactive ketones (excluding diaryl/α,β-unsaturated/α-hetero) is 1. The first-order valence-electron chi connectivity index (χ1n) is 6.80. The van der Waals surface area contributed by atoms with Crippen molar-refractivity contribution in [1.82, 2.24) is 0 Å². The van der Waals surface area contributed by atoms with E-state index in [2.05, 4.69) is 0 Å². The molecule has 22 heavy (non-hydrogen) atoms. The van der Waals surface area contributed by atoms with E-state index >= 15 is 0 Å². The van der Waals surface area contributed by atoms with Crippen LogP contribution in [0.3, 0.4) is 0 Å². The summed E-state index contributed by atoms with van der Waals surface area (Å²) >= 11 is 0. The number of aliphatic hydroxyl groups is 1. The minimum atomic E-state index is -1.22. The lowest BCUT2D eigenvalue weighted by Crippen LogP contribution is -2.19. The molecule has 0 saturated carbocycles. The number of hydrogen-bond acceptors (Lipinski definition) is 5. The normalized spacial score (nSPS) is 12.3. The van der Waals surface area contributed by atoms with Gasteiger partial charge in [0.15, 0.2) is 5.43 Å². The van der Waals surface area contributed by atoms with E-state index < -0.39 is 18.5 Å². The summed E-state index contributed by atoms with van der Waals surface area (Å²) in [6, 6.07) is 6.34. The van der Waals surface area contributed by atoms with Gasteiger partial charge in [0.2, 0.25) is 0 Å². The predicted molar refractivity (Wildman–Crippen MR) is 78.8 cm³/mol. The molecular formula is C16H16O6. The summed E-state index contributed by atoms with van der Waals surface area (Å²) in [6.07, 6.45) is -2.02. The van der Waals surface area contributed by atoms with Gasteiger partial charge in [-0.1, -0.05) is 12.1 Å². The van der Waals surface area contributed by atoms with Crippen LogP contribution in [0, 0.1) is 6.92 Å². The number of benzene rings is 1. The molecule has 0 amide bonds. The van der Waals surface area contributed by atoms with Gasteiger partial charge in [-0.3, -0.25) is 14.4 Å². The van der Waals surface area contributed by atoms with Crippen molar-refractivity contribution in [2.75, 3.05) is 0 Å². The van der Waals surface area contributed by atoms with E-state index in [0.717, 1.165) is 0 Å². The Labute approximate surface area is 126 Å². The molecule has 116 valence electrons. The van der Waals surface area contributed by atoms with Crippen molar-refractivity contribution >= 4 is 22.7 Å². The summed E-state index contributed by atoms with van der Waals surface area (Å²) in [5, 5.41) is 18.4. The van der Waals surface area contributed by atoms with Gasteiger partial charge in [-0.05, 0) is 18.6 Å². The van der Waals surface area contributed by atoms with Gasteiger partial charge in [0.1, 0.15) is 17.1 Å². The zero-order valence-electron chi connectivity index (χ0n) is 12.0. The van der Waals surface area contributed by atoms with Crippen molar-refractivity contribution < 1.29 is 24.2 Å². The van der Waals surface area contributed by atoms with Crippen LogP contribution >= 0.6 is 0 Å². The Morgan fingerprint density at radius 3 is 2.68 bits per heavy atom. The monoisotopic (exact) mass is 304 g/mol. The standard InChI is InChI=1S/C16H16O6/c1-9-5-13(19)16-10(3-2-4-14(16)22-9)6-11(17)7-12(18)8-15(20)21/h2-5,12,18H,6-8H2,1H3,(H,20,21)/t12-/m1/s1. The van der Waals surface area contributed by atoms with Crippen LogP contribution in [0.5, 0.6) is 0 Å². The molecule has 0 aliphatic carbocycles. The first-order chi connectivity index (χ1) is 10.4. The third kappa shape index (κ3) is 3.79. The van der Waals surface area contributed by atoms with E-state index in [0.29, 0.717) is 22.3 Å². The van der Waals surface area contributed by atoms with E-state index in [1.54, 1.807) is 25.1 Å². The Hall–Kier alpha value is -2.47. The minimum absolute atomic E-state index is 0.0537. The molecule has 0 saturated heterocycles. The topological polar surface area (TPSA) is 105 Å². The molecule has 6 nitrogen and oxygen atoms in total. The molecule has 0 unspecified atom stereocenters. The van der Waals surface area contributed by atoms with Crippen molar-refractivity contribution in [3.05, 3.63) is 45.8 Å². The molecule has 0 aliphatic rings. The zero-order valence-corrected chi connectivity index (χ0v) is 12.0. The van der Waals surface area contributed by atoms with Crippen LogP contribution in [0.2, 0.25) is 0 Å². The van der Waals surface area contributed by atoms with Gasteiger partial charge in [0.25, 0.3) is 0 Å². The van der Waals surface area contributed by atoms with Crippen LogP contribution in [0.1, 0.15) is 24.2 Å². The average molecular weight is 304 g/mol. The molecule has 0 radical (unpaired) electrons. The lowest BCUT2D eigenvalue weighted by Gasteiger charge is -2.08. The fourth-order valence-corrected chi connectivity index (χ4v) is 2.37. The molecule has 0 fully saturated rings. The number of hydrogen-bond donors (Lipinski definition) is 2. The maximum Gasteiger partial charge on any atom is 0.305 e. The minimum Gasteiger partial charge on any atom is -0.481 e. The quantitative estimate of drug-likeness (QED) is 0.836. The number of carbonyl (C=O) groups is 2. The second kappa shape index (κ2) is 6.53. The van der Waals surface area contributed by atoms with Crippen molar-refractivity contribution in [3.63, 3.8) is 0 Å². The largest absolute Gasteiger partial charge is 0.481 e. The number of aryl methyl sites for hydroxylation is 1. The maximum atomic E-state index is 12.1. The molecule has 1 atom stereocenters. The number of carboxylic acid groups (broad SMARTS) is 1. The van der Waals surface area contributed by atoms with Gasteiger partial charge >= 0.3 is 5.97 Å². The Kier molecular flexibility index (Phi) is 4.72. The fraction of sp³-hybridized carbons (Fsp3) is 0.312. The van der Waals surface area contributed by atoms with E-state index in [9.17, 15) is 19.5 Å². The molecule has 2 N–H and O–H groups in total. The number of aliphatic hydroxyl groups excluding tert-OH is 1. The number of carboxylic acids is 1. The van der Waals surface area contributed by atoms with E-state index in [-0.39, 0.29) is 24.1 Å². The summed E-state index contributed by atoms with van der Waals surface area (Å²) < 4.78 is 5.46. The molecule has 0 bridgehead atoms. The van der Waals surface area contributed by atoms with E-state index in [4.69, 9.17) is 9.52 Å². The first kappa shape index (κ1) is 15.9. The molecule has 2 rings (SSSR count). The van der Waals surface area contributed by atoms with Crippen molar-refractivity contribution in [2.24, 2.45) is 0 Å². The van der Waals surface area contributed by atoms with E-state index in [1.165, 1.54) is 6.07 Å². The molecule has 1 aromatic heterocycles. The van der Waals surface area contributed by atoms with Crippen LogP contribution in [-0.4, -0.2) is 28.1 Å². The summed E-state index contributed by atoms with van der Waals surface area (Å²) in [4.78, 5) is 34.5. The summed E-state index contributed by atoms with van der Waals surface area (Å²) in [5.74, 6) is -1.01. The third-order valence-electron chi connectivity index (χ3n) is 3.23. The number of ketones is 1. The van der Waals surface area contributed by atoms with Gasteiger partial charge in [0.05, 0.1) is 17.9 Å². The predicted octanol–water partition coefficient (Wildman–Crippen LogP) is 1.44.